The van der Waals surface area contributed by atoms with E-state index in [0.29, 0.717) is 12.8 Å². The molecule has 0 rings (SSSR count). The maximum absolute atomic E-state index is 12.7. The van der Waals surface area contributed by atoms with Gasteiger partial charge in [0, 0.05) is 12.8 Å². The Kier molecular flexibility index (Phi) is 47.3. The van der Waals surface area contributed by atoms with Crippen molar-refractivity contribution in [1.29, 1.82) is 0 Å². The second-order valence-corrected chi connectivity index (χ2v) is 19.0. The lowest BCUT2D eigenvalue weighted by Crippen LogP contribution is -2.29. The molecule has 10 nitrogen and oxygen atoms in total. The van der Waals surface area contributed by atoms with Crippen LogP contribution in [0.2, 0.25) is 0 Å². The van der Waals surface area contributed by atoms with Gasteiger partial charge in [0.25, 0.3) is 0 Å². The van der Waals surface area contributed by atoms with E-state index in [-0.39, 0.29) is 19.4 Å². The van der Waals surface area contributed by atoms with Gasteiger partial charge in [-0.1, -0.05) is 223 Å². The molecule has 0 aromatic heterocycles. The van der Waals surface area contributed by atoms with Crippen LogP contribution in [0.4, 0.5) is 0 Å². The monoisotopic (exact) mass is 925 g/mol. The fourth-order valence-electron chi connectivity index (χ4n) is 7.28. The van der Waals surface area contributed by atoms with Crippen molar-refractivity contribution in [3.63, 3.8) is 0 Å². The molecule has 0 amide bonds. The molecule has 0 heterocycles. The molecule has 3 atom stereocenters. The van der Waals surface area contributed by atoms with Gasteiger partial charge in [0.05, 0.1) is 19.8 Å². The lowest BCUT2D eigenvalue weighted by atomic mass is 10.0. The average Bonchev–Trinajstić information content (AvgIpc) is 3.28. The van der Waals surface area contributed by atoms with Crippen molar-refractivity contribution in [2.24, 2.45) is 0 Å². The quantitative estimate of drug-likeness (QED) is 0.0233. The number of rotatable bonds is 49. The van der Waals surface area contributed by atoms with Crippen molar-refractivity contribution in [3.05, 3.63) is 48.6 Å². The number of aliphatic hydroxyl groups is 2. The third-order valence-corrected chi connectivity index (χ3v) is 12.2. The number of hydrogen-bond acceptors (Lipinski definition) is 9. The summed E-state index contributed by atoms with van der Waals surface area (Å²) in [5.41, 5.74) is 0. The minimum atomic E-state index is -4.63. The van der Waals surface area contributed by atoms with Crippen LogP contribution in [0, 0.1) is 0 Å². The number of phosphoric ester groups is 1. The number of allylic oxidation sites excluding steroid dienone is 8. The average molecular weight is 925 g/mol. The van der Waals surface area contributed by atoms with E-state index in [1.165, 1.54) is 128 Å². The van der Waals surface area contributed by atoms with Crippen LogP contribution in [0.3, 0.4) is 0 Å². The topological polar surface area (TPSA) is 149 Å². The predicted molar refractivity (Wildman–Crippen MR) is 265 cm³/mol. The van der Waals surface area contributed by atoms with Crippen LogP contribution in [-0.4, -0.2) is 65.7 Å². The number of phosphoric acid groups is 1. The summed E-state index contributed by atoms with van der Waals surface area (Å²) in [5, 5.41) is 18.4. The minimum Gasteiger partial charge on any atom is -0.462 e. The normalized spacial score (nSPS) is 14.0. The highest BCUT2D eigenvalue weighted by molar-refractivity contribution is 7.47. The fraction of sp³-hybridized carbons (Fsp3) is 0.811. The Morgan fingerprint density at radius 3 is 1.30 bits per heavy atom. The van der Waals surface area contributed by atoms with E-state index >= 15 is 0 Å². The zero-order chi connectivity index (χ0) is 46.9. The number of carbonyl (C=O) groups is 2. The zero-order valence-electron chi connectivity index (χ0n) is 41.0. The molecule has 0 aromatic rings. The predicted octanol–water partition coefficient (Wildman–Crippen LogP) is 14.8. The molecule has 0 fully saturated rings. The fourth-order valence-corrected chi connectivity index (χ4v) is 8.07. The second kappa shape index (κ2) is 48.9. The maximum atomic E-state index is 12.7. The summed E-state index contributed by atoms with van der Waals surface area (Å²) >= 11 is 0. The molecule has 0 aliphatic rings. The Hall–Kier alpha value is -2.07. The molecule has 374 valence electrons. The molecule has 0 saturated carbocycles. The SMILES string of the molecule is CC/C=C\C/C=C\C/C=C\C/C=C\CCCCCCCCCCC(=O)OC(COC(=O)CCCCCCCCCCCCCCCCCCCCCC)COP(=O)(O)OCC(O)CO. The third-order valence-electron chi connectivity index (χ3n) is 11.2. The molecular formula is C53H97O10P. The first-order valence-electron chi connectivity index (χ1n) is 26.1. The molecule has 3 N–H and O–H groups in total. The van der Waals surface area contributed by atoms with Gasteiger partial charge in [0.15, 0.2) is 6.10 Å². The van der Waals surface area contributed by atoms with Crippen LogP contribution in [-0.2, 0) is 32.7 Å². The van der Waals surface area contributed by atoms with Gasteiger partial charge < -0.3 is 24.6 Å². The summed E-state index contributed by atoms with van der Waals surface area (Å²) in [7, 11) is -4.63. The molecule has 64 heavy (non-hydrogen) atoms. The number of carbonyl (C=O) groups excluding carboxylic acids is 2. The first-order chi connectivity index (χ1) is 31.2. The maximum Gasteiger partial charge on any atom is 0.472 e. The zero-order valence-corrected chi connectivity index (χ0v) is 41.9. The molecule has 0 aromatic carbocycles. The van der Waals surface area contributed by atoms with Gasteiger partial charge >= 0.3 is 19.8 Å². The summed E-state index contributed by atoms with van der Waals surface area (Å²) in [4.78, 5) is 35.2. The van der Waals surface area contributed by atoms with Crippen molar-refractivity contribution in [2.75, 3.05) is 26.4 Å². The van der Waals surface area contributed by atoms with Gasteiger partial charge in [-0.2, -0.15) is 0 Å². The van der Waals surface area contributed by atoms with Crippen LogP contribution < -0.4 is 0 Å². The lowest BCUT2D eigenvalue weighted by Gasteiger charge is -2.20. The van der Waals surface area contributed by atoms with E-state index in [1.807, 2.05) is 0 Å². The number of aliphatic hydroxyl groups excluding tert-OH is 2. The molecule has 0 aliphatic heterocycles. The Labute approximate surface area is 392 Å². The van der Waals surface area contributed by atoms with Gasteiger partial charge in [0.2, 0.25) is 0 Å². The molecule has 0 aliphatic carbocycles. The van der Waals surface area contributed by atoms with E-state index in [0.717, 1.165) is 70.6 Å². The minimum absolute atomic E-state index is 0.175. The Morgan fingerprint density at radius 2 is 0.859 bits per heavy atom. The first-order valence-corrected chi connectivity index (χ1v) is 27.6. The van der Waals surface area contributed by atoms with E-state index < -0.39 is 51.8 Å². The van der Waals surface area contributed by atoms with Crippen molar-refractivity contribution >= 4 is 19.8 Å². The summed E-state index contributed by atoms with van der Waals surface area (Å²) in [6, 6.07) is 0. The van der Waals surface area contributed by atoms with Gasteiger partial charge in [-0.25, -0.2) is 4.57 Å². The van der Waals surface area contributed by atoms with Crippen molar-refractivity contribution in [3.8, 4) is 0 Å². The van der Waals surface area contributed by atoms with Crippen molar-refractivity contribution in [2.45, 2.75) is 251 Å². The summed E-state index contributed by atoms with van der Waals surface area (Å²) in [6.07, 6.45) is 55.0. The highest BCUT2D eigenvalue weighted by atomic mass is 31.2. The third kappa shape index (κ3) is 47.9. The van der Waals surface area contributed by atoms with Crippen LogP contribution in [0.15, 0.2) is 48.6 Å². The Morgan fingerprint density at radius 1 is 0.484 bits per heavy atom. The smallest absolute Gasteiger partial charge is 0.462 e. The largest absolute Gasteiger partial charge is 0.472 e. The summed E-state index contributed by atoms with van der Waals surface area (Å²) in [6.45, 7) is 2.30. The molecule has 0 radical (unpaired) electrons. The Bertz CT molecular complexity index is 1200. The van der Waals surface area contributed by atoms with E-state index in [9.17, 15) is 24.2 Å². The van der Waals surface area contributed by atoms with Crippen LogP contribution >= 0.6 is 7.82 Å². The standard InChI is InChI=1S/C53H97O10P/c1-3-5-7-9-11-13-15-17-19-21-23-25-27-29-31-33-35-37-39-41-43-45-53(57)63-51(49-62-64(58,59)61-47-50(55)46-54)48-60-52(56)44-42-40-38-36-34-32-30-28-26-24-22-20-18-16-14-12-10-8-6-4-2/h5,7,11,13,17,19,23,25,50-51,54-55H,3-4,6,8-10,12,14-16,18,20-22,24,26-49H2,1-2H3,(H,58,59)/b7-5-,13-11-,19-17-,25-23-. The lowest BCUT2D eigenvalue weighted by molar-refractivity contribution is -0.161. The van der Waals surface area contributed by atoms with Crippen molar-refractivity contribution in [1.82, 2.24) is 0 Å². The molecule has 0 spiro atoms. The number of esters is 2. The second-order valence-electron chi connectivity index (χ2n) is 17.5. The highest BCUT2D eigenvalue weighted by Gasteiger charge is 2.27. The van der Waals surface area contributed by atoms with E-state index in [1.54, 1.807) is 0 Å². The van der Waals surface area contributed by atoms with Gasteiger partial charge in [0.1, 0.15) is 12.7 Å². The number of unbranched alkanes of at least 4 members (excludes halogenated alkanes) is 27. The summed E-state index contributed by atoms with van der Waals surface area (Å²) < 4.78 is 32.9. The molecule has 0 saturated heterocycles. The summed E-state index contributed by atoms with van der Waals surface area (Å²) in [5.74, 6) is -0.924. The van der Waals surface area contributed by atoms with Gasteiger partial charge in [-0.05, 0) is 51.4 Å². The first kappa shape index (κ1) is 61.9. The highest BCUT2D eigenvalue weighted by Crippen LogP contribution is 2.43. The van der Waals surface area contributed by atoms with Crippen LogP contribution in [0.5, 0.6) is 0 Å². The number of ether oxygens (including phenoxy) is 2. The molecule has 11 heteroatoms. The van der Waals surface area contributed by atoms with E-state index in [2.05, 4.69) is 62.5 Å². The van der Waals surface area contributed by atoms with Crippen LogP contribution in [0.25, 0.3) is 0 Å². The molecular weight excluding hydrogens is 828 g/mol. The Balaban J connectivity index is 4.17. The molecule has 0 bridgehead atoms. The van der Waals surface area contributed by atoms with Gasteiger partial charge in [-0.15, -0.1) is 0 Å². The molecule has 3 unspecified atom stereocenters. The number of hydrogen-bond donors (Lipinski definition) is 3. The van der Waals surface area contributed by atoms with Crippen LogP contribution in [0.1, 0.15) is 239 Å². The van der Waals surface area contributed by atoms with E-state index in [4.69, 9.17) is 23.6 Å². The van der Waals surface area contributed by atoms with Gasteiger partial charge in [-0.3, -0.25) is 18.6 Å². The van der Waals surface area contributed by atoms with Crippen molar-refractivity contribution < 1.29 is 47.8 Å².